The minimum Gasteiger partial charge on any atom is -0.478 e. The molecule has 1 rings (SSSR count). The van der Waals surface area contributed by atoms with Gasteiger partial charge < -0.3 is 5.11 Å². The van der Waals surface area contributed by atoms with Crippen LogP contribution in [0.5, 0.6) is 0 Å². The van der Waals surface area contributed by atoms with Crippen molar-refractivity contribution in [2.75, 3.05) is 0 Å². The molecule has 0 aliphatic rings. The third-order valence-corrected chi connectivity index (χ3v) is 2.76. The summed E-state index contributed by atoms with van der Waals surface area (Å²) in [7, 11) is 0. The molecule has 0 saturated heterocycles. The molecule has 0 spiro atoms. The zero-order chi connectivity index (χ0) is 16.2. The molecule has 1 aromatic carbocycles. The molecule has 0 heterocycles. The second-order valence-corrected chi connectivity index (χ2v) is 4.21. The largest absolute Gasteiger partial charge is 0.478 e. The van der Waals surface area contributed by atoms with E-state index in [0.717, 1.165) is 18.2 Å². The average Bonchev–Trinajstić information content (AvgIpc) is 2.37. The van der Waals surface area contributed by atoms with Crippen molar-refractivity contribution in [3.8, 4) is 12.3 Å². The van der Waals surface area contributed by atoms with Gasteiger partial charge in [0.05, 0.1) is 16.4 Å². The molecule has 0 unspecified atom stereocenters. The van der Waals surface area contributed by atoms with Gasteiger partial charge in [0, 0.05) is 18.1 Å². The van der Waals surface area contributed by atoms with E-state index in [1.165, 1.54) is 0 Å². The molecule has 0 amide bonds. The predicted octanol–water partition coefficient (Wildman–Crippen LogP) is 3.35. The van der Waals surface area contributed by atoms with Crippen LogP contribution in [-0.2, 0) is 0 Å². The number of rotatable bonds is 5. The number of aromatic carboxylic acids is 1. The fourth-order valence-electron chi connectivity index (χ4n) is 1.77. The summed E-state index contributed by atoms with van der Waals surface area (Å²) in [4.78, 5) is 20.9. The maximum atomic E-state index is 12.2. The molecule has 0 fully saturated rings. The number of nitro groups is 1. The highest BCUT2D eigenvalue weighted by atomic mass is 19.4. The van der Waals surface area contributed by atoms with Crippen molar-refractivity contribution in [2.45, 2.75) is 24.9 Å². The second-order valence-electron chi connectivity index (χ2n) is 4.21. The van der Waals surface area contributed by atoms with E-state index in [4.69, 9.17) is 11.5 Å². The second kappa shape index (κ2) is 6.26. The van der Waals surface area contributed by atoms with E-state index >= 15 is 0 Å². The summed E-state index contributed by atoms with van der Waals surface area (Å²) in [6.07, 6.45) is -1.07. The fourth-order valence-corrected chi connectivity index (χ4v) is 1.77. The Labute approximate surface area is 117 Å². The number of benzene rings is 1. The maximum Gasteiger partial charge on any atom is 0.389 e. The Morgan fingerprint density at radius 2 is 2.10 bits per heavy atom. The molecule has 1 aromatic rings. The molecule has 112 valence electrons. The lowest BCUT2D eigenvalue weighted by Crippen LogP contribution is -2.11. The molecular formula is C13H10F3NO4. The standard InChI is InChI=1S/C13H10F3NO4/c1-2-8(5-6-13(14,15)16)10-7-9(12(18)19)3-4-11(10)17(20)21/h1,3-4,7-8H,5-6H2,(H,18,19)/t8-/m1/s1. The van der Waals surface area contributed by atoms with E-state index in [1.807, 2.05) is 0 Å². The zero-order valence-corrected chi connectivity index (χ0v) is 10.6. The van der Waals surface area contributed by atoms with Crippen molar-refractivity contribution in [1.82, 2.24) is 0 Å². The van der Waals surface area contributed by atoms with Crippen LogP contribution < -0.4 is 0 Å². The Hall–Kier alpha value is -2.56. The maximum absolute atomic E-state index is 12.2. The zero-order valence-electron chi connectivity index (χ0n) is 10.6. The van der Waals surface area contributed by atoms with Gasteiger partial charge in [-0.25, -0.2) is 4.79 Å². The van der Waals surface area contributed by atoms with Crippen LogP contribution in [0.2, 0.25) is 0 Å². The lowest BCUT2D eigenvalue weighted by molar-refractivity contribution is -0.385. The molecular weight excluding hydrogens is 291 g/mol. The number of terminal acetylenes is 1. The van der Waals surface area contributed by atoms with Gasteiger partial charge in [0.25, 0.3) is 5.69 Å². The average molecular weight is 301 g/mol. The van der Waals surface area contributed by atoms with Gasteiger partial charge in [-0.05, 0) is 18.6 Å². The first-order valence-electron chi connectivity index (χ1n) is 5.70. The minimum absolute atomic E-state index is 0.202. The van der Waals surface area contributed by atoms with Crippen molar-refractivity contribution in [3.05, 3.63) is 39.4 Å². The molecule has 8 heteroatoms. The molecule has 1 N–H and O–H groups in total. The third kappa shape index (κ3) is 4.49. The first kappa shape index (κ1) is 16.5. The van der Waals surface area contributed by atoms with Gasteiger partial charge in [-0.15, -0.1) is 6.42 Å². The number of nitrogens with zero attached hydrogens (tertiary/aromatic N) is 1. The smallest absolute Gasteiger partial charge is 0.389 e. The highest BCUT2D eigenvalue weighted by Gasteiger charge is 2.30. The molecule has 1 atom stereocenters. The van der Waals surface area contributed by atoms with Gasteiger partial charge in [-0.2, -0.15) is 13.2 Å². The third-order valence-electron chi connectivity index (χ3n) is 2.76. The Kier molecular flexibility index (Phi) is 4.92. The number of carboxylic acids is 1. The molecule has 0 aliphatic heterocycles. The van der Waals surface area contributed by atoms with Crippen LogP contribution in [0.4, 0.5) is 18.9 Å². The van der Waals surface area contributed by atoms with Crippen molar-refractivity contribution in [2.24, 2.45) is 0 Å². The van der Waals surface area contributed by atoms with Crippen LogP contribution in [0.15, 0.2) is 18.2 Å². The van der Waals surface area contributed by atoms with Crippen molar-refractivity contribution in [1.29, 1.82) is 0 Å². The lowest BCUT2D eigenvalue weighted by Gasteiger charge is -2.13. The quantitative estimate of drug-likeness (QED) is 0.514. The van der Waals surface area contributed by atoms with Gasteiger partial charge >= 0.3 is 12.1 Å². The van der Waals surface area contributed by atoms with Crippen LogP contribution in [0.3, 0.4) is 0 Å². The lowest BCUT2D eigenvalue weighted by atomic mass is 9.92. The van der Waals surface area contributed by atoms with Crippen LogP contribution in [0.1, 0.15) is 34.7 Å². The number of carbonyl (C=O) groups is 1. The highest BCUT2D eigenvalue weighted by molar-refractivity contribution is 5.88. The topological polar surface area (TPSA) is 80.4 Å². The summed E-state index contributed by atoms with van der Waals surface area (Å²) in [5, 5.41) is 19.7. The molecule has 21 heavy (non-hydrogen) atoms. The minimum atomic E-state index is -4.45. The Morgan fingerprint density at radius 1 is 1.48 bits per heavy atom. The summed E-state index contributed by atoms with van der Waals surface area (Å²) in [6, 6.07) is 2.87. The molecule has 0 aromatic heterocycles. The van der Waals surface area contributed by atoms with Gasteiger partial charge in [0.2, 0.25) is 0 Å². The number of carboxylic acid groups (broad SMARTS) is 1. The van der Waals surface area contributed by atoms with Gasteiger partial charge in [-0.1, -0.05) is 5.92 Å². The van der Waals surface area contributed by atoms with E-state index < -0.39 is 41.5 Å². The summed E-state index contributed by atoms with van der Waals surface area (Å²) < 4.78 is 36.7. The fraction of sp³-hybridized carbons (Fsp3) is 0.308. The van der Waals surface area contributed by atoms with E-state index in [9.17, 15) is 28.1 Å². The Bertz CT molecular complexity index is 604. The van der Waals surface area contributed by atoms with Crippen molar-refractivity contribution >= 4 is 11.7 Å². The monoisotopic (exact) mass is 301 g/mol. The first-order chi connectivity index (χ1) is 9.65. The Morgan fingerprint density at radius 3 is 2.52 bits per heavy atom. The number of alkyl halides is 3. The van der Waals surface area contributed by atoms with E-state index in [2.05, 4.69) is 5.92 Å². The van der Waals surface area contributed by atoms with Crippen LogP contribution >= 0.6 is 0 Å². The van der Waals surface area contributed by atoms with Crippen LogP contribution in [-0.4, -0.2) is 22.2 Å². The van der Waals surface area contributed by atoms with Crippen LogP contribution in [0.25, 0.3) is 0 Å². The molecule has 0 aliphatic carbocycles. The highest BCUT2D eigenvalue weighted by Crippen LogP contribution is 2.33. The molecule has 0 bridgehead atoms. The van der Waals surface area contributed by atoms with Crippen LogP contribution in [0, 0.1) is 22.5 Å². The van der Waals surface area contributed by atoms with Crippen molar-refractivity contribution < 1.29 is 28.0 Å². The van der Waals surface area contributed by atoms with Gasteiger partial charge in [-0.3, -0.25) is 10.1 Å². The van der Waals surface area contributed by atoms with E-state index in [-0.39, 0.29) is 11.1 Å². The number of hydrogen-bond donors (Lipinski definition) is 1. The SMILES string of the molecule is C#C[C@H](CCC(F)(F)F)c1cc(C(=O)O)ccc1[N+](=O)[O-]. The predicted molar refractivity (Wildman–Crippen MR) is 66.9 cm³/mol. The summed E-state index contributed by atoms with van der Waals surface area (Å²) in [6.45, 7) is 0. The number of hydrogen-bond acceptors (Lipinski definition) is 3. The normalized spacial score (nSPS) is 12.5. The van der Waals surface area contributed by atoms with E-state index in [0.29, 0.717) is 0 Å². The molecule has 5 nitrogen and oxygen atoms in total. The number of nitro benzene ring substituents is 1. The first-order valence-corrected chi connectivity index (χ1v) is 5.70. The summed E-state index contributed by atoms with van der Waals surface area (Å²) >= 11 is 0. The van der Waals surface area contributed by atoms with E-state index in [1.54, 1.807) is 0 Å². The summed E-state index contributed by atoms with van der Waals surface area (Å²) in [5.74, 6) is -0.483. The Balaban J connectivity index is 3.22. The molecule has 0 saturated carbocycles. The molecule has 0 radical (unpaired) electrons. The number of halogens is 3. The summed E-state index contributed by atoms with van der Waals surface area (Å²) in [5.41, 5.74) is -0.973. The van der Waals surface area contributed by atoms with Gasteiger partial charge in [0.15, 0.2) is 0 Å². The van der Waals surface area contributed by atoms with Gasteiger partial charge in [0.1, 0.15) is 0 Å². The van der Waals surface area contributed by atoms with Crippen molar-refractivity contribution in [3.63, 3.8) is 0 Å².